The van der Waals surface area contributed by atoms with Crippen LogP contribution in [0.15, 0.2) is 23.4 Å². The van der Waals surface area contributed by atoms with Gasteiger partial charge < -0.3 is 25.7 Å². The fraction of sp³-hybridized carbons (Fsp3) is 0.333. The fourth-order valence-electron chi connectivity index (χ4n) is 1.39. The molecule has 0 aliphatic heterocycles. The van der Waals surface area contributed by atoms with Crippen LogP contribution in [0.1, 0.15) is 6.92 Å². The number of nitrogens with one attached hydrogen (secondary N) is 1. The van der Waals surface area contributed by atoms with Gasteiger partial charge >= 0.3 is 0 Å². The number of nitrogens with two attached hydrogens (primary N) is 1. The number of hydrogen-bond acceptors (Lipinski definition) is 5. The molecule has 0 radical (unpaired) electrons. The fourth-order valence-corrected chi connectivity index (χ4v) is 1.39. The molecule has 104 valence electrons. The Bertz CT molecular complexity index is 488. The molecule has 19 heavy (non-hydrogen) atoms. The molecule has 0 aliphatic carbocycles. The number of ether oxygens (including phenoxy) is 2. The number of hydrogen-bond donors (Lipinski definition) is 3. The molecule has 0 aliphatic rings. The number of carbonyl (C=O) groups excluding carboxylic acids is 1. The molecule has 0 heterocycles. The van der Waals surface area contributed by atoms with Gasteiger partial charge in [-0.2, -0.15) is 0 Å². The van der Waals surface area contributed by atoms with Crippen LogP contribution < -0.4 is 20.5 Å². The first kappa shape index (κ1) is 14.6. The van der Waals surface area contributed by atoms with Crippen LogP contribution in [0.2, 0.25) is 0 Å². The smallest absolute Gasteiger partial charge is 0.234 e. The van der Waals surface area contributed by atoms with E-state index in [4.69, 9.17) is 20.4 Å². The number of carbonyl (C=O) groups is 1. The number of benzene rings is 1. The number of rotatable bonds is 5. The number of anilines is 1. The Hall–Kier alpha value is -2.44. The molecule has 0 fully saturated rings. The predicted molar refractivity (Wildman–Crippen MR) is 70.7 cm³/mol. The van der Waals surface area contributed by atoms with Crippen molar-refractivity contribution in [3.05, 3.63) is 18.2 Å². The summed E-state index contributed by atoms with van der Waals surface area (Å²) in [5.74, 6) is -0.222. The second kappa shape index (κ2) is 6.48. The first-order chi connectivity index (χ1) is 9.03. The van der Waals surface area contributed by atoms with Gasteiger partial charge in [0.15, 0.2) is 17.3 Å². The van der Waals surface area contributed by atoms with Gasteiger partial charge in [0.05, 0.1) is 20.1 Å². The summed E-state index contributed by atoms with van der Waals surface area (Å²) in [6.45, 7) is 1.53. The molecule has 1 atom stereocenters. The molecule has 0 bridgehead atoms. The lowest BCUT2D eigenvalue weighted by molar-refractivity contribution is -0.117. The van der Waals surface area contributed by atoms with Crippen molar-refractivity contribution in [2.24, 2.45) is 16.8 Å². The summed E-state index contributed by atoms with van der Waals surface area (Å²) in [4.78, 5) is 11.8. The zero-order valence-electron chi connectivity index (χ0n) is 11.0. The average molecular weight is 267 g/mol. The van der Waals surface area contributed by atoms with Crippen molar-refractivity contribution in [3.8, 4) is 11.5 Å². The van der Waals surface area contributed by atoms with Crippen LogP contribution in [0.4, 0.5) is 5.69 Å². The van der Waals surface area contributed by atoms with Crippen LogP contribution in [0.5, 0.6) is 11.5 Å². The largest absolute Gasteiger partial charge is 0.493 e. The number of amides is 1. The van der Waals surface area contributed by atoms with E-state index in [1.54, 1.807) is 18.2 Å². The lowest BCUT2D eigenvalue weighted by Gasteiger charge is -2.13. The lowest BCUT2D eigenvalue weighted by atomic mass is 10.1. The Morgan fingerprint density at radius 3 is 2.53 bits per heavy atom. The van der Waals surface area contributed by atoms with E-state index in [2.05, 4.69) is 10.5 Å². The molecule has 1 aromatic rings. The van der Waals surface area contributed by atoms with Crippen LogP contribution >= 0.6 is 0 Å². The van der Waals surface area contributed by atoms with Gasteiger partial charge in [-0.05, 0) is 19.1 Å². The van der Waals surface area contributed by atoms with Crippen molar-refractivity contribution in [1.29, 1.82) is 0 Å². The second-order valence-electron chi connectivity index (χ2n) is 3.81. The van der Waals surface area contributed by atoms with E-state index < -0.39 is 5.92 Å². The minimum Gasteiger partial charge on any atom is -0.493 e. The van der Waals surface area contributed by atoms with E-state index in [0.717, 1.165) is 0 Å². The second-order valence-corrected chi connectivity index (χ2v) is 3.81. The molecule has 1 unspecified atom stereocenters. The van der Waals surface area contributed by atoms with Crippen molar-refractivity contribution in [2.75, 3.05) is 19.5 Å². The van der Waals surface area contributed by atoms with Gasteiger partial charge in [-0.25, -0.2) is 0 Å². The monoisotopic (exact) mass is 267 g/mol. The van der Waals surface area contributed by atoms with E-state index in [0.29, 0.717) is 17.2 Å². The Balaban J connectivity index is 2.86. The van der Waals surface area contributed by atoms with Gasteiger partial charge in [0.2, 0.25) is 5.91 Å². The third-order valence-corrected chi connectivity index (χ3v) is 2.60. The van der Waals surface area contributed by atoms with Gasteiger partial charge in [0, 0.05) is 11.8 Å². The maximum atomic E-state index is 11.8. The van der Waals surface area contributed by atoms with Crippen LogP contribution in [-0.4, -0.2) is 31.2 Å². The minimum absolute atomic E-state index is 0.155. The number of oxime groups is 1. The van der Waals surface area contributed by atoms with Crippen LogP contribution in [-0.2, 0) is 4.79 Å². The summed E-state index contributed by atoms with van der Waals surface area (Å²) < 4.78 is 10.2. The SMILES string of the molecule is COc1ccc(NC(=O)C(C)C(N)=NO)cc1OC. The van der Waals surface area contributed by atoms with Crippen LogP contribution in [0.3, 0.4) is 0 Å². The van der Waals surface area contributed by atoms with Gasteiger partial charge in [-0.15, -0.1) is 0 Å². The highest BCUT2D eigenvalue weighted by Crippen LogP contribution is 2.29. The molecule has 4 N–H and O–H groups in total. The molecule has 1 aromatic carbocycles. The number of methoxy groups -OCH3 is 2. The Morgan fingerprint density at radius 1 is 1.37 bits per heavy atom. The van der Waals surface area contributed by atoms with Gasteiger partial charge in [-0.1, -0.05) is 5.16 Å². The summed E-state index contributed by atoms with van der Waals surface area (Å²) in [6.07, 6.45) is 0. The van der Waals surface area contributed by atoms with E-state index in [1.165, 1.54) is 21.1 Å². The average Bonchev–Trinajstić information content (AvgIpc) is 2.45. The van der Waals surface area contributed by atoms with Gasteiger partial charge in [0.25, 0.3) is 0 Å². The summed E-state index contributed by atoms with van der Waals surface area (Å²) >= 11 is 0. The topological polar surface area (TPSA) is 106 Å². The summed E-state index contributed by atoms with van der Waals surface area (Å²) in [6, 6.07) is 4.95. The quantitative estimate of drug-likeness (QED) is 0.320. The third-order valence-electron chi connectivity index (χ3n) is 2.60. The van der Waals surface area contributed by atoms with Gasteiger partial charge in [-0.3, -0.25) is 4.79 Å². The van der Waals surface area contributed by atoms with Crippen molar-refractivity contribution in [3.63, 3.8) is 0 Å². The van der Waals surface area contributed by atoms with Crippen molar-refractivity contribution in [1.82, 2.24) is 0 Å². The zero-order valence-corrected chi connectivity index (χ0v) is 11.0. The number of amidine groups is 1. The standard InChI is InChI=1S/C12H17N3O4/c1-7(11(13)15-17)12(16)14-8-4-5-9(18-2)10(6-8)19-3/h4-7,17H,1-3H3,(H2,13,15)(H,14,16). The molecule has 0 saturated heterocycles. The maximum absolute atomic E-state index is 11.8. The molecule has 0 aromatic heterocycles. The summed E-state index contributed by atoms with van der Waals surface area (Å²) in [7, 11) is 3.03. The molecule has 0 saturated carbocycles. The number of nitrogens with zero attached hydrogens (tertiary/aromatic N) is 1. The van der Waals surface area contributed by atoms with E-state index in [-0.39, 0.29) is 11.7 Å². The van der Waals surface area contributed by atoms with Crippen molar-refractivity contribution >= 4 is 17.4 Å². The normalized spacial score (nSPS) is 12.7. The molecule has 1 rings (SSSR count). The van der Waals surface area contributed by atoms with Gasteiger partial charge in [0.1, 0.15) is 0 Å². The molecule has 0 spiro atoms. The Morgan fingerprint density at radius 2 is 2.00 bits per heavy atom. The third kappa shape index (κ3) is 3.51. The van der Waals surface area contributed by atoms with E-state index in [1.807, 2.05) is 0 Å². The van der Waals surface area contributed by atoms with E-state index in [9.17, 15) is 4.79 Å². The first-order valence-electron chi connectivity index (χ1n) is 5.53. The maximum Gasteiger partial charge on any atom is 0.234 e. The molecular formula is C12H17N3O4. The highest BCUT2D eigenvalue weighted by Gasteiger charge is 2.18. The summed E-state index contributed by atoms with van der Waals surface area (Å²) in [5.41, 5.74) is 5.90. The zero-order chi connectivity index (χ0) is 14.4. The van der Waals surface area contributed by atoms with Crippen molar-refractivity contribution in [2.45, 2.75) is 6.92 Å². The Kier molecular flexibility index (Phi) is 4.99. The van der Waals surface area contributed by atoms with Crippen LogP contribution in [0, 0.1) is 5.92 Å². The van der Waals surface area contributed by atoms with Crippen LogP contribution in [0.25, 0.3) is 0 Å². The minimum atomic E-state index is -0.738. The summed E-state index contributed by atoms with van der Waals surface area (Å²) in [5, 5.41) is 14.0. The highest BCUT2D eigenvalue weighted by molar-refractivity contribution is 6.07. The lowest BCUT2D eigenvalue weighted by Crippen LogP contribution is -2.32. The van der Waals surface area contributed by atoms with E-state index >= 15 is 0 Å². The first-order valence-corrected chi connectivity index (χ1v) is 5.53. The molecule has 7 heteroatoms. The van der Waals surface area contributed by atoms with Crippen molar-refractivity contribution < 1.29 is 19.5 Å². The highest BCUT2D eigenvalue weighted by atomic mass is 16.5. The molecule has 7 nitrogen and oxygen atoms in total. The molecule has 1 amide bonds. The predicted octanol–water partition coefficient (Wildman–Crippen LogP) is 1.02. The molecular weight excluding hydrogens is 250 g/mol. The Labute approximate surface area is 111 Å².